The Morgan fingerprint density at radius 3 is 2.50 bits per heavy atom. The lowest BCUT2D eigenvalue weighted by molar-refractivity contribution is -0.160. The summed E-state index contributed by atoms with van der Waals surface area (Å²) in [6, 6.07) is 4.70. The van der Waals surface area contributed by atoms with Crippen LogP contribution in [0.2, 0.25) is 5.02 Å². The van der Waals surface area contributed by atoms with Crippen LogP contribution in [0.5, 0.6) is 0 Å². The van der Waals surface area contributed by atoms with Crippen molar-refractivity contribution in [1.29, 1.82) is 0 Å². The van der Waals surface area contributed by atoms with Crippen molar-refractivity contribution in [1.82, 2.24) is 5.32 Å². The van der Waals surface area contributed by atoms with Crippen LogP contribution >= 0.6 is 11.6 Å². The number of nitrogens with one attached hydrogen (secondary N) is 1. The fraction of sp³-hybridized carbons (Fsp3) is 0.429. The zero-order valence-corrected chi connectivity index (χ0v) is 12.4. The quantitative estimate of drug-likeness (QED) is 0.838. The molecule has 0 aliphatic heterocycles. The smallest absolute Gasteiger partial charge is 0.391 e. The molecule has 1 aromatic rings. The Kier molecular flexibility index (Phi) is 6.22. The van der Waals surface area contributed by atoms with Gasteiger partial charge >= 0.3 is 12.1 Å². The molecule has 1 aromatic carbocycles. The van der Waals surface area contributed by atoms with Gasteiger partial charge in [0.25, 0.3) is 0 Å². The molecule has 8 heteroatoms. The summed E-state index contributed by atoms with van der Waals surface area (Å²) in [5.41, 5.74) is 0.734. The number of hydrogen-bond donors (Lipinski definition) is 2. The first kappa shape index (κ1) is 18.3. The Hall–Kier alpha value is -1.76. The summed E-state index contributed by atoms with van der Waals surface area (Å²) in [6.45, 7) is 1.50. The number of benzene rings is 1. The lowest BCUT2D eigenvalue weighted by Gasteiger charge is -2.19. The van der Waals surface area contributed by atoms with Crippen molar-refractivity contribution in [2.45, 2.75) is 32.0 Å². The molecule has 0 aliphatic rings. The van der Waals surface area contributed by atoms with Crippen LogP contribution in [-0.4, -0.2) is 29.2 Å². The molecule has 2 unspecified atom stereocenters. The molecule has 0 aliphatic carbocycles. The van der Waals surface area contributed by atoms with Crippen LogP contribution in [0, 0.1) is 5.92 Å². The molecule has 22 heavy (non-hydrogen) atoms. The van der Waals surface area contributed by atoms with Crippen LogP contribution in [0.4, 0.5) is 13.2 Å². The van der Waals surface area contributed by atoms with Crippen LogP contribution in [-0.2, 0) is 16.0 Å². The minimum Gasteiger partial charge on any atom is -0.480 e. The molecule has 0 radical (unpaired) electrons. The van der Waals surface area contributed by atoms with Gasteiger partial charge in [0.15, 0.2) is 0 Å². The Bertz CT molecular complexity index is 548. The second kappa shape index (κ2) is 7.49. The summed E-state index contributed by atoms with van der Waals surface area (Å²) in [5.74, 6) is -3.16. The average Bonchev–Trinajstić information content (AvgIpc) is 2.36. The van der Waals surface area contributed by atoms with Gasteiger partial charge in [0.2, 0.25) is 5.91 Å². The predicted octanol–water partition coefficient (Wildman–Crippen LogP) is 3.04. The molecule has 0 bridgehead atoms. The maximum absolute atomic E-state index is 12.3. The van der Waals surface area contributed by atoms with Crippen molar-refractivity contribution in [3.8, 4) is 0 Å². The van der Waals surface area contributed by atoms with E-state index < -0.39 is 36.4 Å². The molecular weight excluding hydrogens is 323 g/mol. The number of amides is 1. The van der Waals surface area contributed by atoms with Crippen LogP contribution in [0.15, 0.2) is 24.3 Å². The standard InChI is InChI=1S/C14H15ClF3NO3/c1-8(5-9-3-2-4-10(15)6-9)12(20)19-11(13(21)22)7-14(16,17)18/h2-4,6,8,11H,5,7H2,1H3,(H,19,20)(H,21,22). The maximum Gasteiger partial charge on any atom is 0.391 e. The summed E-state index contributed by atoms with van der Waals surface area (Å²) in [6.07, 6.45) is -6.05. The van der Waals surface area contributed by atoms with Crippen molar-refractivity contribution in [2.75, 3.05) is 0 Å². The lowest BCUT2D eigenvalue weighted by Crippen LogP contribution is -2.45. The molecule has 1 amide bonds. The number of aliphatic carboxylic acids is 1. The Morgan fingerprint density at radius 2 is 2.00 bits per heavy atom. The number of carboxylic acid groups (broad SMARTS) is 1. The van der Waals surface area contributed by atoms with E-state index in [9.17, 15) is 22.8 Å². The van der Waals surface area contributed by atoms with Gasteiger partial charge < -0.3 is 10.4 Å². The molecule has 4 nitrogen and oxygen atoms in total. The molecule has 0 fully saturated rings. The first-order valence-corrected chi connectivity index (χ1v) is 6.80. The Labute approximate surface area is 130 Å². The highest BCUT2D eigenvalue weighted by Gasteiger charge is 2.36. The molecule has 0 saturated heterocycles. The summed E-state index contributed by atoms with van der Waals surface area (Å²) in [4.78, 5) is 22.7. The number of halogens is 4. The topological polar surface area (TPSA) is 66.4 Å². The highest BCUT2D eigenvalue weighted by Crippen LogP contribution is 2.22. The molecule has 0 spiro atoms. The fourth-order valence-corrected chi connectivity index (χ4v) is 2.07. The summed E-state index contributed by atoms with van der Waals surface area (Å²) < 4.78 is 36.8. The molecular formula is C14H15ClF3NO3. The van der Waals surface area contributed by atoms with Crippen molar-refractivity contribution >= 4 is 23.5 Å². The highest BCUT2D eigenvalue weighted by molar-refractivity contribution is 6.30. The number of alkyl halides is 3. The molecule has 2 N–H and O–H groups in total. The largest absolute Gasteiger partial charge is 0.480 e. The zero-order valence-electron chi connectivity index (χ0n) is 11.7. The minimum atomic E-state index is -4.67. The molecule has 0 aromatic heterocycles. The van der Waals surface area contributed by atoms with E-state index in [0.717, 1.165) is 5.56 Å². The van der Waals surface area contributed by atoms with E-state index in [1.165, 1.54) is 6.92 Å². The van der Waals surface area contributed by atoms with Gasteiger partial charge in [0, 0.05) is 10.9 Å². The Morgan fingerprint density at radius 1 is 1.36 bits per heavy atom. The maximum atomic E-state index is 12.3. The van der Waals surface area contributed by atoms with Crippen molar-refractivity contribution < 1.29 is 27.9 Å². The summed E-state index contributed by atoms with van der Waals surface area (Å²) in [7, 11) is 0. The number of carbonyl (C=O) groups is 2. The van der Waals surface area contributed by atoms with Gasteiger partial charge in [0.1, 0.15) is 6.04 Å². The number of carbonyl (C=O) groups excluding carboxylic acids is 1. The number of carboxylic acids is 1. The van der Waals surface area contributed by atoms with Gasteiger partial charge in [0.05, 0.1) is 6.42 Å². The van der Waals surface area contributed by atoms with Gasteiger partial charge in [-0.15, -0.1) is 0 Å². The average molecular weight is 338 g/mol. The van der Waals surface area contributed by atoms with Crippen molar-refractivity contribution in [3.63, 3.8) is 0 Å². The van der Waals surface area contributed by atoms with Crippen LogP contribution < -0.4 is 5.32 Å². The van der Waals surface area contributed by atoms with Crippen LogP contribution in [0.1, 0.15) is 18.9 Å². The first-order valence-electron chi connectivity index (χ1n) is 6.43. The molecule has 0 saturated carbocycles. The monoisotopic (exact) mass is 337 g/mol. The van der Waals surface area contributed by atoms with E-state index in [-0.39, 0.29) is 6.42 Å². The van der Waals surface area contributed by atoms with Crippen LogP contribution in [0.3, 0.4) is 0 Å². The SMILES string of the molecule is CC(Cc1cccc(Cl)c1)C(=O)NC(CC(F)(F)F)C(=O)O. The van der Waals surface area contributed by atoms with Gasteiger partial charge in [-0.3, -0.25) is 4.79 Å². The fourth-order valence-electron chi connectivity index (χ4n) is 1.86. The molecule has 1 rings (SSSR count). The van der Waals surface area contributed by atoms with Gasteiger partial charge in [-0.25, -0.2) is 4.79 Å². The second-order valence-corrected chi connectivity index (χ2v) is 5.39. The summed E-state index contributed by atoms with van der Waals surface area (Å²) in [5, 5.41) is 11.2. The zero-order chi connectivity index (χ0) is 16.9. The molecule has 0 heterocycles. The van der Waals surface area contributed by atoms with E-state index in [4.69, 9.17) is 16.7 Å². The van der Waals surface area contributed by atoms with E-state index in [1.807, 2.05) is 5.32 Å². The van der Waals surface area contributed by atoms with Crippen molar-refractivity contribution in [3.05, 3.63) is 34.9 Å². The Balaban J connectivity index is 2.67. The van der Waals surface area contributed by atoms with E-state index in [2.05, 4.69) is 0 Å². The third-order valence-electron chi connectivity index (χ3n) is 2.93. The van der Waals surface area contributed by atoms with E-state index in [0.29, 0.717) is 5.02 Å². The van der Waals surface area contributed by atoms with Gasteiger partial charge in [-0.05, 0) is 24.1 Å². The third-order valence-corrected chi connectivity index (χ3v) is 3.16. The van der Waals surface area contributed by atoms with E-state index in [1.54, 1.807) is 24.3 Å². The number of hydrogen-bond acceptors (Lipinski definition) is 2. The first-order chi connectivity index (χ1) is 10.1. The van der Waals surface area contributed by atoms with Crippen molar-refractivity contribution in [2.24, 2.45) is 5.92 Å². The predicted molar refractivity (Wildman–Crippen MR) is 74.6 cm³/mol. The molecule has 122 valence electrons. The summed E-state index contributed by atoms with van der Waals surface area (Å²) >= 11 is 5.80. The van der Waals surface area contributed by atoms with Gasteiger partial charge in [-0.2, -0.15) is 13.2 Å². The molecule has 2 atom stereocenters. The van der Waals surface area contributed by atoms with E-state index >= 15 is 0 Å². The minimum absolute atomic E-state index is 0.241. The van der Waals surface area contributed by atoms with Gasteiger partial charge in [-0.1, -0.05) is 30.7 Å². The lowest BCUT2D eigenvalue weighted by atomic mass is 10.00. The second-order valence-electron chi connectivity index (χ2n) is 4.95. The number of rotatable bonds is 6. The normalized spacial score (nSPS) is 14.2. The van der Waals surface area contributed by atoms with Crippen LogP contribution in [0.25, 0.3) is 0 Å². The highest BCUT2D eigenvalue weighted by atomic mass is 35.5. The third kappa shape index (κ3) is 6.34.